The Morgan fingerprint density at radius 1 is 1.44 bits per heavy atom. The van der Waals surface area contributed by atoms with Crippen molar-refractivity contribution in [3.63, 3.8) is 0 Å². The number of hydrogen-bond acceptors (Lipinski definition) is 7. The van der Waals surface area contributed by atoms with Gasteiger partial charge in [0.25, 0.3) is 0 Å². The average Bonchev–Trinajstić information content (AvgIpc) is 2.89. The number of thioether (sulfide) groups is 1. The van der Waals surface area contributed by atoms with E-state index in [1.807, 2.05) is 18.7 Å². The van der Waals surface area contributed by atoms with Gasteiger partial charge >= 0.3 is 0 Å². The van der Waals surface area contributed by atoms with Crippen LogP contribution in [0, 0.1) is 6.92 Å². The van der Waals surface area contributed by atoms with Crippen LogP contribution in [0.1, 0.15) is 17.8 Å². The second-order valence-corrected chi connectivity index (χ2v) is 5.18. The van der Waals surface area contributed by atoms with Crippen LogP contribution in [0.3, 0.4) is 0 Å². The molecule has 94 valence electrons. The van der Waals surface area contributed by atoms with Crippen molar-refractivity contribution >= 4 is 11.8 Å². The maximum Gasteiger partial charge on any atom is 0.244 e. The fraction of sp³-hybridized carbons (Fsp3) is 0.455. The van der Waals surface area contributed by atoms with E-state index in [4.69, 9.17) is 4.52 Å². The first-order valence-electron chi connectivity index (χ1n) is 5.78. The highest BCUT2D eigenvalue weighted by Crippen LogP contribution is 2.22. The number of aryl methyl sites for hydroxylation is 1. The highest BCUT2D eigenvalue weighted by Gasteiger charge is 2.22. The van der Waals surface area contributed by atoms with Gasteiger partial charge in [-0.3, -0.25) is 0 Å². The summed E-state index contributed by atoms with van der Waals surface area (Å²) in [5.74, 6) is 3.94. The summed E-state index contributed by atoms with van der Waals surface area (Å²) in [6.07, 6.45) is 1.70. The maximum absolute atomic E-state index is 5.30. The molecule has 1 saturated heterocycles. The van der Waals surface area contributed by atoms with Crippen LogP contribution in [0.4, 0.5) is 0 Å². The number of hydrogen-bond donors (Lipinski definition) is 1. The third-order valence-electron chi connectivity index (χ3n) is 2.67. The molecule has 1 aliphatic rings. The average molecular weight is 263 g/mol. The van der Waals surface area contributed by atoms with Crippen molar-refractivity contribution in [1.82, 2.24) is 25.4 Å². The quantitative estimate of drug-likeness (QED) is 0.872. The lowest BCUT2D eigenvalue weighted by atomic mass is 10.3. The third kappa shape index (κ3) is 2.37. The predicted molar refractivity (Wildman–Crippen MR) is 68.1 cm³/mol. The van der Waals surface area contributed by atoms with Crippen molar-refractivity contribution in [1.29, 1.82) is 0 Å². The van der Waals surface area contributed by atoms with E-state index < -0.39 is 0 Å². The molecule has 1 unspecified atom stereocenters. The standard InChI is InChI=1S/C11H13N5OS/c1-7-12-3-2-8(14-7)10-15-11(17-16-10)9-6-18-5-4-13-9/h2-3,9,13H,4-6H2,1H3. The minimum atomic E-state index is 0.146. The minimum absolute atomic E-state index is 0.146. The van der Waals surface area contributed by atoms with Gasteiger partial charge in [-0.25, -0.2) is 9.97 Å². The Kier molecular flexibility index (Phi) is 3.24. The van der Waals surface area contributed by atoms with E-state index in [9.17, 15) is 0 Å². The molecule has 0 saturated carbocycles. The Morgan fingerprint density at radius 2 is 2.39 bits per heavy atom. The monoisotopic (exact) mass is 263 g/mol. The molecule has 0 bridgehead atoms. The molecular formula is C11H13N5OS. The van der Waals surface area contributed by atoms with Gasteiger partial charge in [0.1, 0.15) is 11.5 Å². The summed E-state index contributed by atoms with van der Waals surface area (Å²) < 4.78 is 5.30. The number of nitrogens with zero attached hydrogens (tertiary/aromatic N) is 4. The highest BCUT2D eigenvalue weighted by atomic mass is 32.2. The highest BCUT2D eigenvalue weighted by molar-refractivity contribution is 7.99. The van der Waals surface area contributed by atoms with Crippen molar-refractivity contribution in [2.24, 2.45) is 0 Å². The van der Waals surface area contributed by atoms with Crippen LogP contribution in [-0.4, -0.2) is 38.2 Å². The molecule has 3 rings (SSSR count). The summed E-state index contributed by atoms with van der Waals surface area (Å²) in [6, 6.07) is 1.93. The molecule has 0 aromatic carbocycles. The van der Waals surface area contributed by atoms with Gasteiger partial charge in [-0.15, -0.1) is 0 Å². The molecule has 7 heteroatoms. The fourth-order valence-electron chi connectivity index (χ4n) is 1.79. The molecule has 0 amide bonds. The summed E-state index contributed by atoms with van der Waals surface area (Å²) in [5, 5.41) is 7.34. The van der Waals surface area contributed by atoms with E-state index in [0.717, 1.165) is 18.1 Å². The van der Waals surface area contributed by atoms with Gasteiger partial charge in [-0.05, 0) is 13.0 Å². The first-order valence-corrected chi connectivity index (χ1v) is 6.93. The van der Waals surface area contributed by atoms with E-state index in [1.54, 1.807) is 12.3 Å². The number of nitrogens with one attached hydrogen (secondary N) is 1. The maximum atomic E-state index is 5.30. The van der Waals surface area contributed by atoms with Gasteiger partial charge in [0.05, 0.1) is 6.04 Å². The molecule has 0 spiro atoms. The normalized spacial score (nSPS) is 19.9. The van der Waals surface area contributed by atoms with Gasteiger partial charge in [-0.1, -0.05) is 5.16 Å². The Hall–Kier alpha value is -1.47. The van der Waals surface area contributed by atoms with Crippen molar-refractivity contribution < 1.29 is 4.52 Å². The zero-order chi connectivity index (χ0) is 12.4. The van der Waals surface area contributed by atoms with Crippen LogP contribution < -0.4 is 5.32 Å². The summed E-state index contributed by atoms with van der Waals surface area (Å²) in [7, 11) is 0. The largest absolute Gasteiger partial charge is 0.337 e. The van der Waals surface area contributed by atoms with Crippen LogP contribution in [0.25, 0.3) is 11.5 Å². The molecule has 1 aliphatic heterocycles. The van der Waals surface area contributed by atoms with Crippen LogP contribution in [0.15, 0.2) is 16.8 Å². The summed E-state index contributed by atoms with van der Waals surface area (Å²) >= 11 is 1.89. The van der Waals surface area contributed by atoms with Crippen LogP contribution in [0.2, 0.25) is 0 Å². The summed E-state index contributed by atoms with van der Waals surface area (Å²) in [5.41, 5.74) is 0.695. The van der Waals surface area contributed by atoms with Crippen LogP contribution in [-0.2, 0) is 0 Å². The molecule has 1 fully saturated rings. The molecule has 1 atom stereocenters. The molecular weight excluding hydrogens is 250 g/mol. The van der Waals surface area contributed by atoms with E-state index in [-0.39, 0.29) is 6.04 Å². The number of rotatable bonds is 2. The molecule has 6 nitrogen and oxygen atoms in total. The van der Waals surface area contributed by atoms with E-state index in [1.165, 1.54) is 0 Å². The first kappa shape index (κ1) is 11.6. The lowest BCUT2D eigenvalue weighted by molar-refractivity contribution is 0.342. The second-order valence-electron chi connectivity index (χ2n) is 4.03. The van der Waals surface area contributed by atoms with Gasteiger partial charge in [0, 0.05) is 24.2 Å². The topological polar surface area (TPSA) is 76.7 Å². The lowest BCUT2D eigenvalue weighted by Crippen LogP contribution is -2.30. The van der Waals surface area contributed by atoms with E-state index >= 15 is 0 Å². The fourth-order valence-corrected chi connectivity index (χ4v) is 2.71. The summed E-state index contributed by atoms with van der Waals surface area (Å²) in [4.78, 5) is 12.7. The minimum Gasteiger partial charge on any atom is -0.337 e. The zero-order valence-corrected chi connectivity index (χ0v) is 10.8. The van der Waals surface area contributed by atoms with Crippen molar-refractivity contribution in [2.45, 2.75) is 13.0 Å². The van der Waals surface area contributed by atoms with E-state index in [2.05, 4.69) is 25.4 Å². The number of aromatic nitrogens is 4. The Balaban J connectivity index is 1.84. The summed E-state index contributed by atoms with van der Waals surface area (Å²) in [6.45, 7) is 2.81. The van der Waals surface area contributed by atoms with Crippen molar-refractivity contribution in [3.05, 3.63) is 24.0 Å². The molecule has 0 radical (unpaired) electrons. The van der Waals surface area contributed by atoms with E-state index in [0.29, 0.717) is 23.2 Å². The zero-order valence-electron chi connectivity index (χ0n) is 9.96. The molecule has 1 N–H and O–H groups in total. The Labute approximate surface area is 109 Å². The van der Waals surface area contributed by atoms with Crippen LogP contribution >= 0.6 is 11.8 Å². The van der Waals surface area contributed by atoms with Gasteiger partial charge in [0.2, 0.25) is 11.7 Å². The molecule has 18 heavy (non-hydrogen) atoms. The second kappa shape index (κ2) is 5.03. The van der Waals surface area contributed by atoms with Gasteiger partial charge in [0.15, 0.2) is 0 Å². The SMILES string of the molecule is Cc1nccc(-c2noc(C3CSCCN3)n2)n1. The molecule has 3 heterocycles. The molecule has 2 aromatic heterocycles. The first-order chi connectivity index (χ1) is 8.83. The lowest BCUT2D eigenvalue weighted by Gasteiger charge is -2.19. The van der Waals surface area contributed by atoms with Crippen LogP contribution in [0.5, 0.6) is 0 Å². The Morgan fingerprint density at radius 3 is 3.17 bits per heavy atom. The molecule has 2 aromatic rings. The molecule has 0 aliphatic carbocycles. The smallest absolute Gasteiger partial charge is 0.244 e. The Bertz CT molecular complexity index is 538. The van der Waals surface area contributed by atoms with Gasteiger partial charge < -0.3 is 9.84 Å². The van der Waals surface area contributed by atoms with Crippen molar-refractivity contribution in [3.8, 4) is 11.5 Å². The van der Waals surface area contributed by atoms with Crippen molar-refractivity contribution in [2.75, 3.05) is 18.1 Å². The third-order valence-corrected chi connectivity index (χ3v) is 3.73. The van der Waals surface area contributed by atoms with Gasteiger partial charge in [-0.2, -0.15) is 16.7 Å². The predicted octanol–water partition coefficient (Wildman–Crippen LogP) is 1.21.